The molecule has 2 nitrogen and oxygen atoms in total. The fourth-order valence-electron chi connectivity index (χ4n) is 2.30. The summed E-state index contributed by atoms with van der Waals surface area (Å²) in [6, 6.07) is 12.3. The molecule has 0 radical (unpaired) electrons. The number of hydrogen-bond acceptors (Lipinski definition) is 2. The number of hydrogen-bond donors (Lipinski definition) is 1. The van der Waals surface area contributed by atoms with Crippen molar-refractivity contribution in [1.82, 2.24) is 0 Å². The summed E-state index contributed by atoms with van der Waals surface area (Å²) in [7, 11) is 0. The van der Waals surface area contributed by atoms with Crippen LogP contribution in [0, 0.1) is 12.7 Å². The van der Waals surface area contributed by atoms with Gasteiger partial charge in [0.05, 0.1) is 12.1 Å². The predicted octanol–water partition coefficient (Wildman–Crippen LogP) is 3.72. The van der Waals surface area contributed by atoms with Crippen molar-refractivity contribution < 1.29 is 9.13 Å². The molecule has 104 valence electrons. The second-order valence-corrected chi connectivity index (χ2v) is 5.36. The first-order valence-electron chi connectivity index (χ1n) is 6.92. The maximum atomic E-state index is 13.1. The number of ether oxygens (including phenoxy) is 1. The number of benzene rings is 2. The van der Waals surface area contributed by atoms with E-state index in [4.69, 9.17) is 10.5 Å². The zero-order valence-electron chi connectivity index (χ0n) is 11.5. The number of nitrogens with two attached hydrogens (primary N) is 1. The molecule has 2 aromatic carbocycles. The predicted molar refractivity (Wildman–Crippen MR) is 77.3 cm³/mol. The Kier molecular flexibility index (Phi) is 3.45. The van der Waals surface area contributed by atoms with Crippen LogP contribution in [0.1, 0.15) is 35.6 Å². The molecule has 0 heterocycles. The van der Waals surface area contributed by atoms with E-state index in [1.807, 2.05) is 31.2 Å². The molecule has 2 aromatic rings. The Hall–Kier alpha value is -1.87. The topological polar surface area (TPSA) is 35.2 Å². The zero-order chi connectivity index (χ0) is 14.1. The molecule has 0 amide bonds. The maximum absolute atomic E-state index is 13.1. The number of aryl methyl sites for hydroxylation is 1. The minimum absolute atomic E-state index is 0.230. The lowest BCUT2D eigenvalue weighted by Crippen LogP contribution is -2.13. The van der Waals surface area contributed by atoms with Crippen LogP contribution in [0.15, 0.2) is 42.5 Å². The normalized spacial score (nSPS) is 15.9. The van der Waals surface area contributed by atoms with Crippen LogP contribution in [0.5, 0.6) is 5.75 Å². The Morgan fingerprint density at radius 2 is 1.85 bits per heavy atom. The molecule has 1 aliphatic rings. The van der Waals surface area contributed by atoms with Crippen molar-refractivity contribution in [3.8, 4) is 5.75 Å². The third-order valence-corrected chi connectivity index (χ3v) is 3.63. The molecule has 0 bridgehead atoms. The summed E-state index contributed by atoms with van der Waals surface area (Å²) in [4.78, 5) is 0. The van der Waals surface area contributed by atoms with Gasteiger partial charge in [-0.1, -0.05) is 18.2 Å². The van der Waals surface area contributed by atoms with E-state index in [1.54, 1.807) is 6.07 Å². The summed E-state index contributed by atoms with van der Waals surface area (Å²) < 4.78 is 18.9. The van der Waals surface area contributed by atoms with Gasteiger partial charge in [-0.3, -0.25) is 0 Å². The average molecular weight is 271 g/mol. The smallest absolute Gasteiger partial charge is 0.123 e. The summed E-state index contributed by atoms with van der Waals surface area (Å²) in [5.74, 6) is 0.658. The first kappa shape index (κ1) is 13.1. The van der Waals surface area contributed by atoms with Gasteiger partial charge in [-0.25, -0.2) is 4.39 Å². The standard InChI is InChI=1S/C17H18FNO/c1-11-10-13(18)4-9-16(11)17(19)12-2-5-14(6-3-12)20-15-7-8-15/h2-6,9-10,15,17H,7-8,19H2,1H3. The Morgan fingerprint density at radius 3 is 2.45 bits per heavy atom. The van der Waals surface area contributed by atoms with Gasteiger partial charge in [0.1, 0.15) is 11.6 Å². The molecule has 1 aliphatic carbocycles. The van der Waals surface area contributed by atoms with Crippen molar-refractivity contribution in [2.24, 2.45) is 5.73 Å². The molecular formula is C17H18FNO. The summed E-state index contributed by atoms with van der Waals surface area (Å²) in [6.45, 7) is 1.88. The van der Waals surface area contributed by atoms with Crippen molar-refractivity contribution in [3.63, 3.8) is 0 Å². The van der Waals surface area contributed by atoms with E-state index in [0.717, 1.165) is 35.3 Å². The van der Waals surface area contributed by atoms with Gasteiger partial charge in [-0.05, 0) is 60.7 Å². The lowest BCUT2D eigenvalue weighted by molar-refractivity contribution is 0.303. The maximum Gasteiger partial charge on any atom is 0.123 e. The van der Waals surface area contributed by atoms with E-state index < -0.39 is 0 Å². The first-order valence-corrected chi connectivity index (χ1v) is 6.92. The largest absolute Gasteiger partial charge is 0.490 e. The van der Waals surface area contributed by atoms with Gasteiger partial charge in [-0.2, -0.15) is 0 Å². The summed E-state index contributed by atoms with van der Waals surface area (Å²) >= 11 is 0. The minimum atomic E-state index is -0.245. The molecule has 3 rings (SSSR count). The van der Waals surface area contributed by atoms with Crippen LogP contribution in [-0.2, 0) is 0 Å². The molecule has 3 heteroatoms. The minimum Gasteiger partial charge on any atom is -0.490 e. The van der Waals surface area contributed by atoms with Gasteiger partial charge >= 0.3 is 0 Å². The highest BCUT2D eigenvalue weighted by molar-refractivity contribution is 5.38. The van der Waals surface area contributed by atoms with Gasteiger partial charge in [-0.15, -0.1) is 0 Å². The third kappa shape index (κ3) is 2.83. The molecule has 0 aliphatic heterocycles. The van der Waals surface area contributed by atoms with E-state index in [0.29, 0.717) is 6.10 Å². The SMILES string of the molecule is Cc1cc(F)ccc1C(N)c1ccc(OC2CC2)cc1. The van der Waals surface area contributed by atoms with Crippen LogP contribution in [0.2, 0.25) is 0 Å². The van der Waals surface area contributed by atoms with E-state index in [-0.39, 0.29) is 11.9 Å². The van der Waals surface area contributed by atoms with Crippen LogP contribution in [-0.4, -0.2) is 6.10 Å². The monoisotopic (exact) mass is 271 g/mol. The molecular weight excluding hydrogens is 253 g/mol. The lowest BCUT2D eigenvalue weighted by atomic mass is 9.96. The third-order valence-electron chi connectivity index (χ3n) is 3.63. The molecule has 0 saturated heterocycles. The summed E-state index contributed by atoms with van der Waals surface area (Å²) in [6.07, 6.45) is 2.69. The Balaban J connectivity index is 1.80. The molecule has 0 spiro atoms. The fraction of sp³-hybridized carbons (Fsp3) is 0.294. The molecule has 1 unspecified atom stereocenters. The fourth-order valence-corrected chi connectivity index (χ4v) is 2.30. The Labute approximate surface area is 118 Å². The van der Waals surface area contributed by atoms with Gasteiger partial charge in [0.2, 0.25) is 0 Å². The van der Waals surface area contributed by atoms with Crippen LogP contribution >= 0.6 is 0 Å². The molecule has 1 atom stereocenters. The second-order valence-electron chi connectivity index (χ2n) is 5.36. The molecule has 20 heavy (non-hydrogen) atoms. The van der Waals surface area contributed by atoms with Crippen molar-refractivity contribution in [3.05, 3.63) is 65.0 Å². The number of halogens is 1. The molecule has 1 saturated carbocycles. The van der Waals surface area contributed by atoms with Crippen molar-refractivity contribution in [1.29, 1.82) is 0 Å². The van der Waals surface area contributed by atoms with Crippen LogP contribution < -0.4 is 10.5 Å². The second kappa shape index (κ2) is 5.25. The first-order chi connectivity index (χ1) is 9.63. The molecule has 2 N–H and O–H groups in total. The summed E-state index contributed by atoms with van der Waals surface area (Å²) in [5, 5.41) is 0. The lowest BCUT2D eigenvalue weighted by Gasteiger charge is -2.16. The quantitative estimate of drug-likeness (QED) is 0.919. The van der Waals surface area contributed by atoms with Crippen molar-refractivity contribution in [2.75, 3.05) is 0 Å². The Morgan fingerprint density at radius 1 is 1.15 bits per heavy atom. The molecule has 0 aromatic heterocycles. The van der Waals surface area contributed by atoms with Gasteiger partial charge < -0.3 is 10.5 Å². The van der Waals surface area contributed by atoms with Crippen molar-refractivity contribution in [2.45, 2.75) is 31.9 Å². The van der Waals surface area contributed by atoms with Crippen LogP contribution in [0.25, 0.3) is 0 Å². The van der Waals surface area contributed by atoms with Crippen LogP contribution in [0.3, 0.4) is 0 Å². The molecule has 1 fully saturated rings. The van der Waals surface area contributed by atoms with Gasteiger partial charge in [0.15, 0.2) is 0 Å². The van der Waals surface area contributed by atoms with Gasteiger partial charge in [0.25, 0.3) is 0 Å². The van der Waals surface area contributed by atoms with E-state index in [9.17, 15) is 4.39 Å². The number of rotatable bonds is 4. The summed E-state index contributed by atoms with van der Waals surface area (Å²) in [5.41, 5.74) is 9.09. The highest BCUT2D eigenvalue weighted by atomic mass is 19.1. The van der Waals surface area contributed by atoms with E-state index in [2.05, 4.69) is 0 Å². The zero-order valence-corrected chi connectivity index (χ0v) is 11.5. The highest BCUT2D eigenvalue weighted by Crippen LogP contribution is 2.29. The highest BCUT2D eigenvalue weighted by Gasteiger charge is 2.23. The van der Waals surface area contributed by atoms with E-state index in [1.165, 1.54) is 12.1 Å². The van der Waals surface area contributed by atoms with E-state index >= 15 is 0 Å². The van der Waals surface area contributed by atoms with Crippen LogP contribution in [0.4, 0.5) is 4.39 Å². The average Bonchev–Trinajstić information content (AvgIpc) is 3.23. The van der Waals surface area contributed by atoms with Gasteiger partial charge in [0, 0.05) is 0 Å². The van der Waals surface area contributed by atoms with Crippen molar-refractivity contribution >= 4 is 0 Å². The Bertz CT molecular complexity index is 605.